The molecule has 0 amide bonds. The van der Waals surface area contributed by atoms with Crippen molar-refractivity contribution in [2.24, 2.45) is 5.92 Å². The second-order valence-electron chi connectivity index (χ2n) is 5.67. The number of terminal acetylenes is 1. The van der Waals surface area contributed by atoms with E-state index in [1.807, 2.05) is 6.92 Å². The lowest BCUT2D eigenvalue weighted by Gasteiger charge is -2.36. The van der Waals surface area contributed by atoms with E-state index in [1.165, 1.54) is 6.08 Å². The van der Waals surface area contributed by atoms with Gasteiger partial charge in [0.1, 0.15) is 11.4 Å². The largest absolute Gasteiger partial charge is 0.457 e. The van der Waals surface area contributed by atoms with E-state index in [1.54, 1.807) is 13.8 Å². The lowest BCUT2D eigenvalue weighted by Crippen LogP contribution is -2.40. The van der Waals surface area contributed by atoms with Gasteiger partial charge in [-0.25, -0.2) is 4.79 Å². The molecule has 0 aliphatic carbocycles. The minimum atomic E-state index is -1.30. The molecule has 0 saturated heterocycles. The fourth-order valence-electron chi connectivity index (χ4n) is 2.56. The Balaban J connectivity index is 2.93. The summed E-state index contributed by atoms with van der Waals surface area (Å²) in [7, 11) is 0. The second kappa shape index (κ2) is 6.32. The van der Waals surface area contributed by atoms with Crippen molar-refractivity contribution in [2.45, 2.75) is 64.8 Å². The van der Waals surface area contributed by atoms with E-state index in [2.05, 4.69) is 12.8 Å². The third kappa shape index (κ3) is 4.01. The summed E-state index contributed by atoms with van der Waals surface area (Å²) in [4.78, 5) is 11.5. The molecule has 1 rings (SSSR count). The molecule has 0 spiro atoms. The van der Waals surface area contributed by atoms with Crippen molar-refractivity contribution in [2.75, 3.05) is 0 Å². The number of cyclic esters (lactones) is 1. The first-order chi connectivity index (χ1) is 9.26. The fraction of sp³-hybridized carbons (Fsp3) is 0.688. The number of aliphatic hydroxyl groups is 1. The molecule has 0 fully saturated rings. The molecule has 20 heavy (non-hydrogen) atoms. The van der Waals surface area contributed by atoms with Crippen LogP contribution in [0.5, 0.6) is 0 Å². The summed E-state index contributed by atoms with van der Waals surface area (Å²) in [5.74, 6) is 1.34. The van der Waals surface area contributed by atoms with Crippen LogP contribution in [-0.2, 0) is 14.3 Å². The minimum Gasteiger partial charge on any atom is -0.457 e. The molecule has 4 heteroatoms. The second-order valence-corrected chi connectivity index (χ2v) is 5.67. The number of hydrogen-bond donors (Lipinski definition) is 1. The van der Waals surface area contributed by atoms with E-state index in [9.17, 15) is 9.90 Å². The molecule has 1 N–H and O–H groups in total. The SMILES string of the molecule is C#CC(O)(CC1=CC(=O)OC(C)(C)O1)C(CC)CCC. The van der Waals surface area contributed by atoms with Gasteiger partial charge in [0.25, 0.3) is 0 Å². The zero-order valence-electron chi connectivity index (χ0n) is 12.7. The minimum absolute atomic E-state index is 0.0249. The monoisotopic (exact) mass is 280 g/mol. The Kier molecular flexibility index (Phi) is 5.24. The quantitative estimate of drug-likeness (QED) is 0.600. The molecule has 0 radical (unpaired) electrons. The van der Waals surface area contributed by atoms with Gasteiger partial charge in [-0.3, -0.25) is 0 Å². The van der Waals surface area contributed by atoms with E-state index in [0.717, 1.165) is 19.3 Å². The molecule has 2 unspecified atom stereocenters. The number of carbonyl (C=O) groups is 1. The molecule has 0 bridgehead atoms. The summed E-state index contributed by atoms with van der Waals surface area (Å²) in [6, 6.07) is 0. The van der Waals surface area contributed by atoms with Crippen molar-refractivity contribution < 1.29 is 19.4 Å². The van der Waals surface area contributed by atoms with E-state index in [-0.39, 0.29) is 12.3 Å². The summed E-state index contributed by atoms with van der Waals surface area (Å²) in [6.45, 7) is 7.35. The average molecular weight is 280 g/mol. The van der Waals surface area contributed by atoms with Gasteiger partial charge < -0.3 is 14.6 Å². The first-order valence-corrected chi connectivity index (χ1v) is 7.09. The highest BCUT2D eigenvalue weighted by Crippen LogP contribution is 2.34. The Morgan fingerprint density at radius 3 is 2.55 bits per heavy atom. The Labute approximate surface area is 121 Å². The summed E-state index contributed by atoms with van der Waals surface area (Å²) in [6.07, 6.45) is 9.46. The van der Waals surface area contributed by atoms with Gasteiger partial charge in [0.15, 0.2) is 0 Å². The molecular formula is C16H24O4. The van der Waals surface area contributed by atoms with E-state index in [4.69, 9.17) is 15.9 Å². The Morgan fingerprint density at radius 1 is 1.45 bits per heavy atom. The average Bonchev–Trinajstić information content (AvgIpc) is 2.33. The van der Waals surface area contributed by atoms with Crippen molar-refractivity contribution in [3.05, 3.63) is 11.8 Å². The normalized spacial score (nSPS) is 21.8. The van der Waals surface area contributed by atoms with Crippen molar-refractivity contribution in [3.63, 3.8) is 0 Å². The molecule has 1 aliphatic rings. The Bertz CT molecular complexity index is 430. The predicted octanol–water partition coefficient (Wildman–Crippen LogP) is 2.76. The fourth-order valence-corrected chi connectivity index (χ4v) is 2.56. The number of carbonyl (C=O) groups excluding carboxylic acids is 1. The number of ether oxygens (including phenoxy) is 2. The standard InChI is InChI=1S/C16H24O4/c1-6-9-12(7-2)16(18,8-3)11-13-10-14(17)20-15(4,5)19-13/h3,10,12,18H,6-7,9,11H2,1-2,4-5H3. The first kappa shape index (κ1) is 16.6. The summed E-state index contributed by atoms with van der Waals surface area (Å²) in [5.41, 5.74) is -1.30. The maximum Gasteiger partial charge on any atom is 0.337 e. The van der Waals surface area contributed by atoms with E-state index >= 15 is 0 Å². The molecular weight excluding hydrogens is 256 g/mol. The predicted molar refractivity (Wildman–Crippen MR) is 76.4 cm³/mol. The molecule has 1 heterocycles. The van der Waals surface area contributed by atoms with Gasteiger partial charge in [0, 0.05) is 20.3 Å². The molecule has 0 aromatic carbocycles. The van der Waals surface area contributed by atoms with E-state index < -0.39 is 17.4 Å². The van der Waals surface area contributed by atoms with Crippen LogP contribution in [0, 0.1) is 18.3 Å². The number of esters is 1. The third-order valence-electron chi connectivity index (χ3n) is 3.50. The van der Waals surface area contributed by atoms with Crippen LogP contribution in [-0.4, -0.2) is 22.5 Å². The van der Waals surface area contributed by atoms with Crippen LogP contribution < -0.4 is 0 Å². The zero-order valence-corrected chi connectivity index (χ0v) is 12.7. The molecule has 2 atom stereocenters. The highest BCUT2D eigenvalue weighted by molar-refractivity contribution is 5.83. The van der Waals surface area contributed by atoms with Crippen LogP contribution in [0.25, 0.3) is 0 Å². The Morgan fingerprint density at radius 2 is 2.10 bits per heavy atom. The maximum absolute atomic E-state index is 11.5. The molecule has 112 valence electrons. The Hall–Kier alpha value is -1.47. The van der Waals surface area contributed by atoms with Gasteiger partial charge in [-0.1, -0.05) is 26.2 Å². The smallest absolute Gasteiger partial charge is 0.337 e. The van der Waals surface area contributed by atoms with Gasteiger partial charge in [-0.15, -0.1) is 6.42 Å². The van der Waals surface area contributed by atoms with Gasteiger partial charge >= 0.3 is 5.97 Å². The van der Waals surface area contributed by atoms with Crippen LogP contribution in [0.3, 0.4) is 0 Å². The first-order valence-electron chi connectivity index (χ1n) is 7.09. The lowest BCUT2D eigenvalue weighted by molar-refractivity contribution is -0.207. The summed E-state index contributed by atoms with van der Waals surface area (Å²) < 4.78 is 10.6. The van der Waals surface area contributed by atoms with Crippen LogP contribution in [0.4, 0.5) is 0 Å². The van der Waals surface area contributed by atoms with Crippen LogP contribution >= 0.6 is 0 Å². The van der Waals surface area contributed by atoms with Crippen molar-refractivity contribution in [1.82, 2.24) is 0 Å². The maximum atomic E-state index is 11.5. The molecule has 4 nitrogen and oxygen atoms in total. The van der Waals surface area contributed by atoms with Gasteiger partial charge in [-0.2, -0.15) is 0 Å². The summed E-state index contributed by atoms with van der Waals surface area (Å²) >= 11 is 0. The molecule has 0 aromatic rings. The lowest BCUT2D eigenvalue weighted by atomic mass is 9.80. The van der Waals surface area contributed by atoms with E-state index in [0.29, 0.717) is 5.76 Å². The molecule has 1 aliphatic heterocycles. The summed E-state index contributed by atoms with van der Waals surface area (Å²) in [5, 5.41) is 10.7. The number of hydrogen-bond acceptors (Lipinski definition) is 4. The van der Waals surface area contributed by atoms with Crippen molar-refractivity contribution in [1.29, 1.82) is 0 Å². The highest BCUT2D eigenvalue weighted by Gasteiger charge is 2.38. The van der Waals surface area contributed by atoms with Crippen LogP contribution in [0.2, 0.25) is 0 Å². The zero-order chi connectivity index (χ0) is 15.4. The molecule has 0 aromatic heterocycles. The number of rotatable bonds is 6. The van der Waals surface area contributed by atoms with Crippen LogP contribution in [0.1, 0.15) is 53.4 Å². The van der Waals surface area contributed by atoms with Crippen LogP contribution in [0.15, 0.2) is 11.8 Å². The van der Waals surface area contributed by atoms with Gasteiger partial charge in [-0.05, 0) is 18.8 Å². The van der Waals surface area contributed by atoms with Gasteiger partial charge in [0.2, 0.25) is 5.79 Å². The topological polar surface area (TPSA) is 55.8 Å². The third-order valence-corrected chi connectivity index (χ3v) is 3.50. The van der Waals surface area contributed by atoms with Gasteiger partial charge in [0.05, 0.1) is 6.08 Å². The highest BCUT2D eigenvalue weighted by atomic mass is 16.7. The van der Waals surface area contributed by atoms with Crippen molar-refractivity contribution in [3.8, 4) is 12.3 Å². The molecule has 0 saturated carbocycles. The van der Waals surface area contributed by atoms with Crippen molar-refractivity contribution >= 4 is 5.97 Å².